The molecule has 0 aromatic carbocycles. The lowest BCUT2D eigenvalue weighted by Crippen LogP contribution is -2.28. The summed E-state index contributed by atoms with van der Waals surface area (Å²) in [5.74, 6) is 0. The minimum Gasteiger partial charge on any atom is -0.353 e. The van der Waals surface area contributed by atoms with Gasteiger partial charge in [0, 0.05) is 39.6 Å². The summed E-state index contributed by atoms with van der Waals surface area (Å²) in [6, 6.07) is 0. The quantitative estimate of drug-likeness (QED) is 0.0452. The van der Waals surface area contributed by atoms with Gasteiger partial charge in [-0.05, 0) is 89.9 Å². The Morgan fingerprint density at radius 3 is 0.755 bits per heavy atom. The molecule has 0 spiro atoms. The van der Waals surface area contributed by atoms with Gasteiger partial charge >= 0.3 is 0 Å². The molecule has 0 aromatic heterocycles. The molecular weight excluding hydrogens is 664 g/mol. The Labute approximate surface area is 331 Å². The second-order valence-corrected chi connectivity index (χ2v) is 15.3. The molecule has 320 valence electrons. The van der Waals surface area contributed by atoms with Gasteiger partial charge in [-0.15, -0.1) is 0 Å². The monoisotopic (exact) mass is 759 g/mol. The molecule has 0 rings (SSSR count). The summed E-state index contributed by atoms with van der Waals surface area (Å²) < 4.78 is 44.2. The molecule has 0 bridgehead atoms. The number of hydrogen-bond donors (Lipinski definition) is 0. The highest BCUT2D eigenvalue weighted by Gasteiger charge is 2.19. The summed E-state index contributed by atoms with van der Waals surface area (Å²) in [5, 5.41) is 0. The van der Waals surface area contributed by atoms with Crippen molar-refractivity contribution in [3.63, 3.8) is 0 Å². The first-order chi connectivity index (χ1) is 26.1. The third-order valence-corrected chi connectivity index (χ3v) is 9.87. The first kappa shape index (κ1) is 52.7. The van der Waals surface area contributed by atoms with E-state index in [4.69, 9.17) is 33.2 Å². The molecule has 53 heavy (non-hydrogen) atoms. The average molecular weight is 759 g/mol. The van der Waals surface area contributed by atoms with Crippen LogP contribution in [0.15, 0.2) is 0 Å². The molecule has 0 amide bonds. The zero-order valence-electron chi connectivity index (χ0n) is 36.6. The minimum absolute atomic E-state index is 0.111. The Morgan fingerprint density at radius 2 is 0.453 bits per heavy atom. The number of unbranched alkanes of at least 4 members (excludes halogenated alkanes) is 18. The molecule has 2 atom stereocenters. The van der Waals surface area contributed by atoms with E-state index in [9.17, 15) is 0 Å². The van der Waals surface area contributed by atoms with Gasteiger partial charge in [-0.3, -0.25) is 0 Å². The third-order valence-electron chi connectivity index (χ3n) is 9.87. The van der Waals surface area contributed by atoms with Crippen molar-refractivity contribution >= 4 is 0 Å². The first-order valence-electron chi connectivity index (χ1n) is 23.5. The van der Waals surface area contributed by atoms with Gasteiger partial charge in [-0.25, -0.2) is 0 Å². The fraction of sp³-hybridized carbons (Fsp3) is 1.00. The lowest BCUT2D eigenvalue weighted by atomic mass is 10.1. The summed E-state index contributed by atoms with van der Waals surface area (Å²) >= 11 is 0. The van der Waals surface area contributed by atoms with Gasteiger partial charge in [0.1, 0.15) is 0 Å². The molecule has 0 fully saturated rings. The van der Waals surface area contributed by atoms with Crippen molar-refractivity contribution in [3.05, 3.63) is 0 Å². The van der Waals surface area contributed by atoms with E-state index in [0.29, 0.717) is 0 Å². The molecule has 0 heterocycles. The van der Waals surface area contributed by atoms with Gasteiger partial charge < -0.3 is 33.2 Å². The van der Waals surface area contributed by atoms with E-state index in [0.717, 1.165) is 155 Å². The largest absolute Gasteiger partial charge is 0.353 e. The summed E-state index contributed by atoms with van der Waals surface area (Å²) in [5.41, 5.74) is 0. The molecule has 7 nitrogen and oxygen atoms in total. The standard InChI is InChI=1S/C46H94O7/c1-7-13-19-21-23-25-31-41-51-45(35-29-27-33-43(47-37-15-9-3)48-38-16-10-4)53-46(52-42-32-26-24-22-20-14-8-2)36-30-28-34-44(49-39-17-11-5)50-40-18-12-6/h43-46H,7-42H2,1-6H3. The lowest BCUT2D eigenvalue weighted by molar-refractivity contribution is -0.250. The molecule has 0 aliphatic carbocycles. The summed E-state index contributed by atoms with van der Waals surface area (Å²) in [4.78, 5) is 0. The van der Waals surface area contributed by atoms with E-state index in [1.165, 1.54) is 77.0 Å². The van der Waals surface area contributed by atoms with Crippen LogP contribution in [-0.2, 0) is 33.2 Å². The molecule has 0 radical (unpaired) electrons. The Hall–Kier alpha value is -0.280. The van der Waals surface area contributed by atoms with Crippen molar-refractivity contribution in [3.8, 4) is 0 Å². The van der Waals surface area contributed by atoms with Crippen LogP contribution in [0.5, 0.6) is 0 Å². The molecule has 0 N–H and O–H groups in total. The predicted octanol–water partition coefficient (Wildman–Crippen LogP) is 14.2. The number of rotatable bonds is 46. The van der Waals surface area contributed by atoms with Gasteiger partial charge in [0.05, 0.1) is 0 Å². The van der Waals surface area contributed by atoms with Crippen LogP contribution in [0.3, 0.4) is 0 Å². The molecule has 0 aliphatic rings. The third kappa shape index (κ3) is 38.4. The van der Waals surface area contributed by atoms with Crippen LogP contribution < -0.4 is 0 Å². The topological polar surface area (TPSA) is 64.6 Å². The van der Waals surface area contributed by atoms with E-state index >= 15 is 0 Å². The molecule has 0 aromatic rings. The highest BCUT2D eigenvalue weighted by molar-refractivity contribution is 4.58. The van der Waals surface area contributed by atoms with Gasteiger partial charge in [0.15, 0.2) is 25.2 Å². The van der Waals surface area contributed by atoms with Gasteiger partial charge in [0.25, 0.3) is 0 Å². The lowest BCUT2D eigenvalue weighted by Gasteiger charge is -2.26. The average Bonchev–Trinajstić information content (AvgIpc) is 3.16. The van der Waals surface area contributed by atoms with Gasteiger partial charge in [-0.1, -0.05) is 144 Å². The highest BCUT2D eigenvalue weighted by atomic mass is 16.8. The van der Waals surface area contributed by atoms with Gasteiger partial charge in [0.2, 0.25) is 0 Å². The van der Waals surface area contributed by atoms with Crippen molar-refractivity contribution in [1.82, 2.24) is 0 Å². The maximum atomic E-state index is 6.73. The van der Waals surface area contributed by atoms with Crippen molar-refractivity contribution in [2.24, 2.45) is 0 Å². The van der Waals surface area contributed by atoms with Crippen LogP contribution in [0.1, 0.15) is 234 Å². The van der Waals surface area contributed by atoms with Crippen molar-refractivity contribution < 1.29 is 33.2 Å². The fourth-order valence-electron chi connectivity index (χ4n) is 6.21. The van der Waals surface area contributed by atoms with Crippen molar-refractivity contribution in [1.29, 1.82) is 0 Å². The predicted molar refractivity (Wildman–Crippen MR) is 225 cm³/mol. The maximum Gasteiger partial charge on any atom is 0.160 e. The van der Waals surface area contributed by atoms with Crippen LogP contribution >= 0.6 is 0 Å². The van der Waals surface area contributed by atoms with Crippen LogP contribution in [0.2, 0.25) is 0 Å². The Kier molecular flexibility index (Phi) is 44.2. The van der Waals surface area contributed by atoms with E-state index < -0.39 is 0 Å². The minimum atomic E-state index is -0.253. The smallest absolute Gasteiger partial charge is 0.160 e. The molecule has 0 saturated carbocycles. The van der Waals surface area contributed by atoms with E-state index in [1.807, 2.05) is 0 Å². The molecule has 2 unspecified atom stereocenters. The Bertz CT molecular complexity index is 592. The molecule has 7 heteroatoms. The summed E-state index contributed by atoms with van der Waals surface area (Å²) in [6.07, 6.45) is 33.6. The molecule has 0 aliphatic heterocycles. The summed E-state index contributed by atoms with van der Waals surface area (Å²) in [7, 11) is 0. The normalized spacial score (nSPS) is 13.1. The van der Waals surface area contributed by atoms with E-state index in [-0.39, 0.29) is 25.2 Å². The zero-order valence-corrected chi connectivity index (χ0v) is 36.6. The highest BCUT2D eigenvalue weighted by Crippen LogP contribution is 2.20. The Morgan fingerprint density at radius 1 is 0.226 bits per heavy atom. The van der Waals surface area contributed by atoms with Crippen molar-refractivity contribution in [2.45, 2.75) is 259 Å². The van der Waals surface area contributed by atoms with Crippen LogP contribution in [0, 0.1) is 0 Å². The van der Waals surface area contributed by atoms with Crippen LogP contribution in [0.25, 0.3) is 0 Å². The van der Waals surface area contributed by atoms with Crippen molar-refractivity contribution in [2.75, 3.05) is 39.6 Å². The number of hydrogen-bond acceptors (Lipinski definition) is 7. The number of ether oxygens (including phenoxy) is 7. The fourth-order valence-corrected chi connectivity index (χ4v) is 6.21. The zero-order chi connectivity index (χ0) is 38.7. The summed E-state index contributed by atoms with van der Waals surface area (Å²) in [6.45, 7) is 18.0. The van der Waals surface area contributed by atoms with Crippen LogP contribution in [0.4, 0.5) is 0 Å². The van der Waals surface area contributed by atoms with Crippen LogP contribution in [-0.4, -0.2) is 64.8 Å². The van der Waals surface area contributed by atoms with E-state index in [2.05, 4.69) is 41.5 Å². The second kappa shape index (κ2) is 44.4. The first-order valence-corrected chi connectivity index (χ1v) is 23.5. The molecular formula is C46H94O7. The maximum absolute atomic E-state index is 6.73. The van der Waals surface area contributed by atoms with Gasteiger partial charge in [-0.2, -0.15) is 0 Å². The van der Waals surface area contributed by atoms with E-state index in [1.54, 1.807) is 0 Å². The second-order valence-electron chi connectivity index (χ2n) is 15.3. The molecule has 0 saturated heterocycles. The Balaban J connectivity index is 5.31. The SMILES string of the molecule is CCCCCCCCCOC(CCCCC(OCCCC)OCCCC)OC(CCCCC(OCCCC)OCCCC)OCCCCCCCCC.